The summed E-state index contributed by atoms with van der Waals surface area (Å²) >= 11 is 10.0. The van der Waals surface area contributed by atoms with Gasteiger partial charge in [0.05, 0.1) is 26.7 Å². The largest absolute Gasteiger partial charge is 0.490 e. The minimum absolute atomic E-state index is 0.0555. The lowest BCUT2D eigenvalue weighted by Gasteiger charge is -2.14. The molecule has 1 fully saturated rings. The Labute approximate surface area is 180 Å². The lowest BCUT2D eigenvalue weighted by molar-refractivity contribution is -0.113. The second-order valence-corrected chi connectivity index (χ2v) is 8.76. The topological polar surface area (TPSA) is 66.8 Å². The third kappa shape index (κ3) is 4.45. The van der Waals surface area contributed by atoms with E-state index in [4.69, 9.17) is 22.1 Å². The summed E-state index contributed by atoms with van der Waals surface area (Å²) in [5.74, 6) is -0.613. The fourth-order valence-corrected chi connectivity index (χ4v) is 4.37. The Hall–Kier alpha value is -2.16. The maximum atomic E-state index is 12.9. The van der Waals surface area contributed by atoms with E-state index < -0.39 is 5.97 Å². The molecule has 3 rings (SSSR count). The van der Waals surface area contributed by atoms with Gasteiger partial charge < -0.3 is 9.84 Å². The van der Waals surface area contributed by atoms with Crippen molar-refractivity contribution >= 4 is 67.9 Å². The molecule has 1 amide bonds. The zero-order valence-corrected chi connectivity index (χ0v) is 18.2. The number of anilines is 1. The number of carboxylic acids is 1. The van der Waals surface area contributed by atoms with Gasteiger partial charge in [-0.05, 0) is 71.7 Å². The van der Waals surface area contributed by atoms with E-state index in [0.29, 0.717) is 14.9 Å². The summed E-state index contributed by atoms with van der Waals surface area (Å²) < 4.78 is 6.85. The van der Waals surface area contributed by atoms with Crippen LogP contribution < -0.4 is 9.64 Å². The Bertz CT molecular complexity index is 1000. The van der Waals surface area contributed by atoms with Crippen LogP contribution in [0.4, 0.5) is 5.69 Å². The van der Waals surface area contributed by atoms with E-state index >= 15 is 0 Å². The molecule has 1 aliphatic rings. The molecular weight excluding hydrogens is 462 g/mol. The van der Waals surface area contributed by atoms with Gasteiger partial charge in [0.25, 0.3) is 5.91 Å². The van der Waals surface area contributed by atoms with Gasteiger partial charge in [0, 0.05) is 0 Å². The van der Waals surface area contributed by atoms with E-state index in [1.165, 1.54) is 28.8 Å². The average molecular weight is 478 g/mol. The number of halogens is 1. The highest BCUT2D eigenvalue weighted by Gasteiger charge is 2.33. The molecule has 0 bridgehead atoms. The van der Waals surface area contributed by atoms with Gasteiger partial charge in [-0.3, -0.25) is 9.69 Å². The van der Waals surface area contributed by atoms with E-state index in [1.807, 2.05) is 32.0 Å². The number of hydrogen-bond donors (Lipinski definition) is 1. The van der Waals surface area contributed by atoms with Crippen LogP contribution in [-0.2, 0) is 4.79 Å². The quantitative estimate of drug-likeness (QED) is 0.462. The molecule has 0 aliphatic carbocycles. The van der Waals surface area contributed by atoms with Gasteiger partial charge in [0.2, 0.25) is 0 Å². The van der Waals surface area contributed by atoms with Crippen molar-refractivity contribution in [2.24, 2.45) is 0 Å². The molecule has 2 aromatic carbocycles. The summed E-state index contributed by atoms with van der Waals surface area (Å²) in [7, 11) is 0. The summed E-state index contributed by atoms with van der Waals surface area (Å²) in [6, 6.07) is 11.7. The molecule has 1 saturated heterocycles. The number of benzene rings is 2. The van der Waals surface area contributed by atoms with Gasteiger partial charge >= 0.3 is 5.97 Å². The molecule has 0 unspecified atom stereocenters. The Kier molecular flexibility index (Phi) is 6.22. The van der Waals surface area contributed by atoms with Crippen molar-refractivity contribution in [1.82, 2.24) is 0 Å². The first-order valence-electron chi connectivity index (χ1n) is 8.34. The number of aromatic carboxylic acids is 1. The summed E-state index contributed by atoms with van der Waals surface area (Å²) in [5.41, 5.74) is 1.36. The van der Waals surface area contributed by atoms with Crippen LogP contribution in [0.3, 0.4) is 0 Å². The maximum Gasteiger partial charge on any atom is 0.335 e. The van der Waals surface area contributed by atoms with Gasteiger partial charge in [-0.2, -0.15) is 0 Å². The molecule has 1 aliphatic heterocycles. The number of amides is 1. The third-order valence-corrected chi connectivity index (χ3v) is 5.68. The van der Waals surface area contributed by atoms with Crippen molar-refractivity contribution in [3.63, 3.8) is 0 Å². The van der Waals surface area contributed by atoms with Crippen LogP contribution in [0.15, 0.2) is 51.8 Å². The molecule has 1 N–H and O–H groups in total. The molecule has 2 aromatic rings. The molecule has 0 radical (unpaired) electrons. The van der Waals surface area contributed by atoms with Crippen molar-refractivity contribution in [2.75, 3.05) is 4.90 Å². The van der Waals surface area contributed by atoms with Crippen LogP contribution in [0.2, 0.25) is 0 Å². The number of hydrogen-bond acceptors (Lipinski definition) is 5. The second-order valence-electron chi connectivity index (χ2n) is 6.23. The number of rotatable bonds is 5. The molecule has 0 atom stereocenters. The van der Waals surface area contributed by atoms with Crippen LogP contribution in [0.25, 0.3) is 6.08 Å². The number of carboxylic acid groups (broad SMARTS) is 1. The van der Waals surface area contributed by atoms with E-state index in [2.05, 4.69) is 15.9 Å². The van der Waals surface area contributed by atoms with Gasteiger partial charge in [-0.1, -0.05) is 36.1 Å². The molecular formula is C20H16BrNO4S2. The van der Waals surface area contributed by atoms with E-state index in [1.54, 1.807) is 18.2 Å². The zero-order valence-electron chi connectivity index (χ0n) is 15.0. The highest BCUT2D eigenvalue weighted by molar-refractivity contribution is 9.10. The van der Waals surface area contributed by atoms with Crippen LogP contribution in [0.5, 0.6) is 5.75 Å². The predicted octanol–water partition coefficient (Wildman–Crippen LogP) is 5.34. The maximum absolute atomic E-state index is 12.9. The second kappa shape index (κ2) is 8.46. The smallest absolute Gasteiger partial charge is 0.335 e. The van der Waals surface area contributed by atoms with Crippen LogP contribution in [-0.4, -0.2) is 27.4 Å². The number of carbonyl (C=O) groups excluding carboxylic acids is 1. The standard InChI is InChI=1S/C20H16BrNO4S2/c1-11(2)26-16-7-6-12(8-15(16)21)9-17-18(23)22(20(27)28-17)14-5-3-4-13(10-14)19(24)25/h3-11H,1-2H3,(H,24,25). The van der Waals surface area contributed by atoms with Crippen molar-refractivity contribution < 1.29 is 19.4 Å². The molecule has 28 heavy (non-hydrogen) atoms. The molecule has 1 heterocycles. The van der Waals surface area contributed by atoms with Crippen LogP contribution in [0.1, 0.15) is 29.8 Å². The number of ether oxygens (including phenoxy) is 1. The lowest BCUT2D eigenvalue weighted by Crippen LogP contribution is -2.27. The minimum Gasteiger partial charge on any atom is -0.490 e. The number of thiocarbonyl (C=S) groups is 1. The summed E-state index contributed by atoms with van der Waals surface area (Å²) in [6.45, 7) is 3.90. The first-order chi connectivity index (χ1) is 13.3. The van der Waals surface area contributed by atoms with Crippen LogP contribution >= 0.6 is 39.9 Å². The average Bonchev–Trinajstić information content (AvgIpc) is 2.90. The van der Waals surface area contributed by atoms with Crippen LogP contribution in [0, 0.1) is 0 Å². The van der Waals surface area contributed by atoms with Gasteiger partial charge in [0.15, 0.2) is 4.32 Å². The number of carbonyl (C=O) groups is 2. The summed E-state index contributed by atoms with van der Waals surface area (Å²) in [6.07, 6.45) is 1.81. The van der Waals surface area contributed by atoms with E-state index in [9.17, 15) is 9.59 Å². The normalized spacial score (nSPS) is 15.6. The van der Waals surface area contributed by atoms with E-state index in [0.717, 1.165) is 15.8 Å². The fraction of sp³-hybridized carbons (Fsp3) is 0.150. The molecule has 8 heteroatoms. The Morgan fingerprint density at radius 3 is 2.68 bits per heavy atom. The van der Waals surface area contributed by atoms with Crippen molar-refractivity contribution in [3.8, 4) is 5.75 Å². The Morgan fingerprint density at radius 1 is 1.29 bits per heavy atom. The van der Waals surface area contributed by atoms with Crippen molar-refractivity contribution in [2.45, 2.75) is 20.0 Å². The SMILES string of the molecule is CC(C)Oc1ccc(C=C2SC(=S)N(c3cccc(C(=O)O)c3)C2=O)cc1Br. The van der Waals surface area contributed by atoms with E-state index in [-0.39, 0.29) is 17.6 Å². The summed E-state index contributed by atoms with van der Waals surface area (Å²) in [4.78, 5) is 25.9. The zero-order chi connectivity index (χ0) is 20.4. The van der Waals surface area contributed by atoms with Gasteiger partial charge in [-0.25, -0.2) is 4.79 Å². The molecule has 0 saturated carbocycles. The monoisotopic (exact) mass is 477 g/mol. The Balaban J connectivity index is 1.88. The highest BCUT2D eigenvalue weighted by Crippen LogP contribution is 2.37. The third-order valence-electron chi connectivity index (χ3n) is 3.76. The fourth-order valence-electron chi connectivity index (χ4n) is 2.58. The first kappa shape index (κ1) is 20.6. The number of thioether (sulfide) groups is 1. The van der Waals surface area contributed by atoms with Crippen molar-refractivity contribution in [1.29, 1.82) is 0 Å². The molecule has 0 aromatic heterocycles. The first-order valence-corrected chi connectivity index (χ1v) is 10.4. The van der Waals surface area contributed by atoms with Gasteiger partial charge in [0.1, 0.15) is 5.75 Å². The summed E-state index contributed by atoms with van der Waals surface area (Å²) in [5, 5.41) is 9.17. The number of nitrogens with zero attached hydrogens (tertiary/aromatic N) is 1. The molecule has 5 nitrogen and oxygen atoms in total. The Morgan fingerprint density at radius 2 is 2.04 bits per heavy atom. The molecule has 0 spiro atoms. The van der Waals surface area contributed by atoms with Gasteiger partial charge in [-0.15, -0.1) is 0 Å². The lowest BCUT2D eigenvalue weighted by atomic mass is 10.1. The van der Waals surface area contributed by atoms with Crippen molar-refractivity contribution in [3.05, 3.63) is 63.0 Å². The predicted molar refractivity (Wildman–Crippen MR) is 119 cm³/mol. The highest BCUT2D eigenvalue weighted by atomic mass is 79.9. The minimum atomic E-state index is -1.06. The molecule has 144 valence electrons.